The van der Waals surface area contributed by atoms with E-state index >= 15 is 0 Å². The zero-order valence-corrected chi connectivity index (χ0v) is 13.8. The Balaban J connectivity index is 1.78. The van der Waals surface area contributed by atoms with E-state index in [-0.39, 0.29) is 6.61 Å². The van der Waals surface area contributed by atoms with Gasteiger partial charge in [-0.2, -0.15) is 0 Å². The maximum absolute atomic E-state index is 8.81. The fraction of sp³-hybridized carbons (Fsp3) is 0.421. The van der Waals surface area contributed by atoms with Gasteiger partial charge in [0.1, 0.15) is 5.75 Å². The lowest BCUT2D eigenvalue weighted by Gasteiger charge is -2.12. The SMILES string of the molecule is Cc1cnccc1CCNCc1ccccc1OCCCCO. The molecule has 0 aliphatic heterocycles. The second-order valence-electron chi connectivity index (χ2n) is 5.62. The Morgan fingerprint density at radius 3 is 2.83 bits per heavy atom. The molecule has 0 amide bonds. The summed E-state index contributed by atoms with van der Waals surface area (Å²) in [5, 5.41) is 12.3. The molecule has 2 N–H and O–H groups in total. The normalized spacial score (nSPS) is 10.7. The van der Waals surface area contributed by atoms with Crippen LogP contribution in [-0.2, 0) is 13.0 Å². The number of nitrogens with one attached hydrogen (secondary N) is 1. The average molecular weight is 314 g/mol. The van der Waals surface area contributed by atoms with Crippen molar-refractivity contribution in [2.24, 2.45) is 0 Å². The van der Waals surface area contributed by atoms with Gasteiger partial charge in [0.05, 0.1) is 6.61 Å². The van der Waals surface area contributed by atoms with Crippen molar-refractivity contribution in [3.05, 3.63) is 59.4 Å². The molecule has 4 heteroatoms. The number of hydrogen-bond acceptors (Lipinski definition) is 4. The van der Waals surface area contributed by atoms with Crippen LogP contribution in [0.1, 0.15) is 29.5 Å². The Hall–Kier alpha value is -1.91. The Bertz CT molecular complexity index is 587. The summed E-state index contributed by atoms with van der Waals surface area (Å²) < 4.78 is 5.81. The van der Waals surface area contributed by atoms with E-state index in [9.17, 15) is 0 Å². The molecular weight excluding hydrogens is 288 g/mol. The van der Waals surface area contributed by atoms with Gasteiger partial charge >= 0.3 is 0 Å². The van der Waals surface area contributed by atoms with Crippen molar-refractivity contribution >= 4 is 0 Å². The summed E-state index contributed by atoms with van der Waals surface area (Å²) in [5.41, 5.74) is 3.74. The molecule has 0 saturated carbocycles. The van der Waals surface area contributed by atoms with Gasteiger partial charge in [-0.05, 0) is 56.0 Å². The first-order valence-electron chi connectivity index (χ1n) is 8.23. The molecule has 1 heterocycles. The Morgan fingerprint density at radius 2 is 2.00 bits per heavy atom. The Kier molecular flexibility index (Phi) is 7.57. The molecule has 2 rings (SSSR count). The standard InChI is InChI=1S/C19H26N2O2/c1-16-14-20-10-8-17(16)9-11-21-15-18-6-2-3-7-19(18)23-13-5-4-12-22/h2-3,6-8,10,14,21-22H,4-5,9,11-13,15H2,1H3. The molecule has 0 fully saturated rings. The first-order valence-corrected chi connectivity index (χ1v) is 8.23. The number of nitrogens with zero attached hydrogens (tertiary/aromatic N) is 1. The predicted molar refractivity (Wildman–Crippen MR) is 92.6 cm³/mol. The van der Waals surface area contributed by atoms with E-state index in [1.54, 1.807) is 0 Å². The van der Waals surface area contributed by atoms with Crippen molar-refractivity contribution in [2.75, 3.05) is 19.8 Å². The van der Waals surface area contributed by atoms with Crippen LogP contribution >= 0.6 is 0 Å². The van der Waals surface area contributed by atoms with E-state index in [0.717, 1.165) is 38.1 Å². The molecule has 0 saturated heterocycles. The molecule has 0 aliphatic rings. The molecule has 23 heavy (non-hydrogen) atoms. The zero-order chi connectivity index (χ0) is 16.3. The molecule has 1 aromatic heterocycles. The topological polar surface area (TPSA) is 54.4 Å². The highest BCUT2D eigenvalue weighted by molar-refractivity contribution is 5.33. The summed E-state index contributed by atoms with van der Waals surface area (Å²) in [7, 11) is 0. The number of aryl methyl sites for hydroxylation is 1. The predicted octanol–water partition coefficient (Wildman–Crippen LogP) is 2.87. The number of aromatic nitrogens is 1. The van der Waals surface area contributed by atoms with Crippen LogP contribution in [-0.4, -0.2) is 29.8 Å². The highest BCUT2D eigenvalue weighted by Gasteiger charge is 2.03. The van der Waals surface area contributed by atoms with Gasteiger partial charge in [-0.15, -0.1) is 0 Å². The van der Waals surface area contributed by atoms with E-state index < -0.39 is 0 Å². The van der Waals surface area contributed by atoms with Crippen LogP contribution in [0.4, 0.5) is 0 Å². The van der Waals surface area contributed by atoms with Crippen molar-refractivity contribution in [1.29, 1.82) is 0 Å². The van der Waals surface area contributed by atoms with Crippen molar-refractivity contribution in [3.8, 4) is 5.75 Å². The van der Waals surface area contributed by atoms with Gasteiger partial charge in [0.15, 0.2) is 0 Å². The van der Waals surface area contributed by atoms with E-state index in [1.165, 1.54) is 16.7 Å². The summed E-state index contributed by atoms with van der Waals surface area (Å²) in [6.07, 6.45) is 6.40. The second kappa shape index (κ2) is 9.98. The smallest absolute Gasteiger partial charge is 0.123 e. The molecule has 0 radical (unpaired) electrons. The third-order valence-electron chi connectivity index (χ3n) is 3.81. The average Bonchev–Trinajstić information content (AvgIpc) is 2.58. The summed E-state index contributed by atoms with van der Waals surface area (Å²) in [6.45, 7) is 4.68. The molecule has 4 nitrogen and oxygen atoms in total. The lowest BCUT2D eigenvalue weighted by molar-refractivity contribution is 0.252. The van der Waals surface area contributed by atoms with Crippen LogP contribution in [0.25, 0.3) is 0 Å². The monoisotopic (exact) mass is 314 g/mol. The minimum Gasteiger partial charge on any atom is -0.493 e. The fourth-order valence-electron chi connectivity index (χ4n) is 2.42. The van der Waals surface area contributed by atoms with Crippen LogP contribution < -0.4 is 10.1 Å². The van der Waals surface area contributed by atoms with Crippen LogP contribution in [0.15, 0.2) is 42.7 Å². The molecule has 1 aromatic carbocycles. The highest BCUT2D eigenvalue weighted by atomic mass is 16.5. The Morgan fingerprint density at radius 1 is 1.13 bits per heavy atom. The van der Waals surface area contributed by atoms with Crippen LogP contribution in [0.3, 0.4) is 0 Å². The summed E-state index contributed by atoms with van der Waals surface area (Å²) in [6, 6.07) is 10.2. The fourth-order valence-corrected chi connectivity index (χ4v) is 2.42. The van der Waals surface area contributed by atoms with E-state index in [2.05, 4.69) is 29.4 Å². The van der Waals surface area contributed by atoms with Gasteiger partial charge in [0, 0.05) is 31.1 Å². The minimum atomic E-state index is 0.223. The van der Waals surface area contributed by atoms with Crippen LogP contribution in [0.2, 0.25) is 0 Å². The van der Waals surface area contributed by atoms with Crippen molar-refractivity contribution < 1.29 is 9.84 Å². The second-order valence-corrected chi connectivity index (χ2v) is 5.62. The number of aliphatic hydroxyl groups excluding tert-OH is 1. The summed E-state index contributed by atoms with van der Waals surface area (Å²) in [5.74, 6) is 0.929. The number of pyridine rings is 1. The Labute approximate surface area is 138 Å². The largest absolute Gasteiger partial charge is 0.493 e. The van der Waals surface area contributed by atoms with E-state index in [1.807, 2.05) is 30.6 Å². The third kappa shape index (κ3) is 6.00. The molecule has 0 unspecified atom stereocenters. The maximum Gasteiger partial charge on any atom is 0.123 e. The van der Waals surface area contributed by atoms with E-state index in [0.29, 0.717) is 6.61 Å². The van der Waals surface area contributed by atoms with E-state index in [4.69, 9.17) is 9.84 Å². The van der Waals surface area contributed by atoms with Crippen molar-refractivity contribution in [1.82, 2.24) is 10.3 Å². The number of benzene rings is 1. The van der Waals surface area contributed by atoms with Crippen molar-refractivity contribution in [2.45, 2.75) is 32.7 Å². The molecule has 0 aliphatic carbocycles. The van der Waals surface area contributed by atoms with Crippen LogP contribution in [0, 0.1) is 6.92 Å². The number of hydrogen-bond donors (Lipinski definition) is 2. The quantitative estimate of drug-likeness (QED) is 0.662. The zero-order valence-electron chi connectivity index (χ0n) is 13.8. The first kappa shape index (κ1) is 17.4. The molecule has 0 atom stereocenters. The number of aliphatic hydroxyl groups is 1. The van der Waals surface area contributed by atoms with Gasteiger partial charge in [-0.3, -0.25) is 4.98 Å². The third-order valence-corrected chi connectivity index (χ3v) is 3.81. The van der Waals surface area contributed by atoms with Crippen LogP contribution in [0.5, 0.6) is 5.75 Å². The summed E-state index contributed by atoms with van der Waals surface area (Å²) in [4.78, 5) is 4.12. The number of unbranched alkanes of at least 4 members (excludes halogenated alkanes) is 1. The van der Waals surface area contributed by atoms with Gasteiger partial charge in [0.25, 0.3) is 0 Å². The molecule has 124 valence electrons. The molecular formula is C19H26N2O2. The first-order chi connectivity index (χ1) is 11.3. The minimum absolute atomic E-state index is 0.223. The van der Waals surface area contributed by atoms with Gasteiger partial charge in [0.2, 0.25) is 0 Å². The number of rotatable bonds is 10. The number of ether oxygens (including phenoxy) is 1. The molecule has 0 bridgehead atoms. The lowest BCUT2D eigenvalue weighted by atomic mass is 10.1. The highest BCUT2D eigenvalue weighted by Crippen LogP contribution is 2.18. The maximum atomic E-state index is 8.81. The molecule has 2 aromatic rings. The van der Waals surface area contributed by atoms with Gasteiger partial charge in [-0.25, -0.2) is 0 Å². The number of para-hydroxylation sites is 1. The van der Waals surface area contributed by atoms with Crippen molar-refractivity contribution in [3.63, 3.8) is 0 Å². The molecule has 0 spiro atoms. The van der Waals surface area contributed by atoms with Gasteiger partial charge < -0.3 is 15.2 Å². The lowest BCUT2D eigenvalue weighted by Crippen LogP contribution is -2.17. The summed E-state index contributed by atoms with van der Waals surface area (Å²) >= 11 is 0. The van der Waals surface area contributed by atoms with Gasteiger partial charge in [-0.1, -0.05) is 18.2 Å².